The van der Waals surface area contributed by atoms with Crippen LogP contribution in [0.5, 0.6) is 0 Å². The van der Waals surface area contributed by atoms with E-state index in [1.807, 2.05) is 38.1 Å². The maximum absolute atomic E-state index is 12.5. The molecular weight excluding hydrogens is 314 g/mol. The highest BCUT2D eigenvalue weighted by molar-refractivity contribution is 5.94. The van der Waals surface area contributed by atoms with Crippen LogP contribution in [0.15, 0.2) is 59.8 Å². The van der Waals surface area contributed by atoms with Gasteiger partial charge in [-0.05, 0) is 31.5 Å². The first-order chi connectivity index (χ1) is 12.1. The fourth-order valence-corrected chi connectivity index (χ4v) is 3.40. The van der Waals surface area contributed by atoms with Crippen molar-refractivity contribution in [1.29, 1.82) is 0 Å². The fraction of sp³-hybridized carbons (Fsp3) is 0.200. The first-order valence-electron chi connectivity index (χ1n) is 8.20. The van der Waals surface area contributed by atoms with Gasteiger partial charge in [0, 0.05) is 5.70 Å². The van der Waals surface area contributed by atoms with E-state index in [0.29, 0.717) is 5.57 Å². The van der Waals surface area contributed by atoms with Crippen molar-refractivity contribution in [1.82, 2.24) is 9.55 Å². The topological polar surface area (TPSA) is 56.1 Å². The van der Waals surface area contributed by atoms with Crippen LogP contribution in [0.1, 0.15) is 24.1 Å². The summed E-state index contributed by atoms with van der Waals surface area (Å²) in [5.41, 5.74) is 5.43. The van der Waals surface area contributed by atoms with E-state index < -0.39 is 0 Å². The lowest BCUT2D eigenvalue weighted by Gasteiger charge is -2.30. The Morgan fingerprint density at radius 1 is 1.12 bits per heavy atom. The molecule has 1 unspecified atom stereocenters. The zero-order valence-corrected chi connectivity index (χ0v) is 14.4. The molecule has 1 N–H and O–H groups in total. The van der Waals surface area contributed by atoms with Gasteiger partial charge >= 0.3 is 5.97 Å². The van der Waals surface area contributed by atoms with Gasteiger partial charge in [-0.15, -0.1) is 0 Å². The lowest BCUT2D eigenvalue weighted by molar-refractivity contribution is -0.136. The van der Waals surface area contributed by atoms with Gasteiger partial charge in [0.05, 0.1) is 29.8 Å². The summed E-state index contributed by atoms with van der Waals surface area (Å²) in [7, 11) is 1.41. The van der Waals surface area contributed by atoms with Gasteiger partial charge < -0.3 is 10.1 Å². The predicted octanol–water partition coefficient (Wildman–Crippen LogP) is 3.81. The lowest BCUT2D eigenvalue weighted by atomic mass is 9.94. The second-order valence-electron chi connectivity index (χ2n) is 6.26. The molecule has 25 heavy (non-hydrogen) atoms. The highest BCUT2D eigenvalue weighted by Gasteiger charge is 2.34. The van der Waals surface area contributed by atoms with Gasteiger partial charge in [0.25, 0.3) is 0 Å². The number of aryl methyl sites for hydroxylation is 1. The van der Waals surface area contributed by atoms with E-state index in [0.717, 1.165) is 28.2 Å². The number of anilines is 1. The number of carbonyl (C=O) groups excluding carboxylic acids is 1. The van der Waals surface area contributed by atoms with Crippen LogP contribution in [-0.2, 0) is 9.53 Å². The van der Waals surface area contributed by atoms with Crippen LogP contribution in [0, 0.1) is 6.92 Å². The minimum absolute atomic E-state index is 0.281. The Bertz CT molecular complexity index is 999. The molecule has 126 valence electrons. The minimum Gasteiger partial charge on any atom is -0.466 e. The van der Waals surface area contributed by atoms with E-state index in [2.05, 4.69) is 39.1 Å². The Balaban J connectivity index is 2.01. The SMILES string of the molecule is COC(=O)C1=C(C)Nc2nc3ccccc3n2C1c1ccc(C)cc1. The normalized spacial score (nSPS) is 16.5. The van der Waals surface area contributed by atoms with Crippen molar-refractivity contribution in [2.24, 2.45) is 0 Å². The third-order valence-corrected chi connectivity index (χ3v) is 4.63. The van der Waals surface area contributed by atoms with Crippen molar-refractivity contribution < 1.29 is 9.53 Å². The van der Waals surface area contributed by atoms with Crippen LogP contribution in [-0.4, -0.2) is 22.6 Å². The quantitative estimate of drug-likeness (QED) is 0.725. The van der Waals surface area contributed by atoms with Crippen molar-refractivity contribution >= 4 is 23.0 Å². The number of nitrogens with one attached hydrogen (secondary N) is 1. The van der Waals surface area contributed by atoms with Crippen molar-refractivity contribution in [3.05, 3.63) is 70.9 Å². The number of esters is 1. The molecule has 1 aromatic heterocycles. The van der Waals surface area contributed by atoms with E-state index in [4.69, 9.17) is 4.74 Å². The number of allylic oxidation sites excluding steroid dienone is 1. The summed E-state index contributed by atoms with van der Waals surface area (Å²) in [4.78, 5) is 17.2. The number of hydrogen-bond donors (Lipinski definition) is 1. The molecule has 1 atom stereocenters. The van der Waals surface area contributed by atoms with E-state index in [9.17, 15) is 4.79 Å². The van der Waals surface area contributed by atoms with E-state index >= 15 is 0 Å². The number of methoxy groups -OCH3 is 1. The lowest BCUT2D eigenvalue weighted by Crippen LogP contribution is -2.28. The number of aromatic nitrogens is 2. The van der Waals surface area contributed by atoms with Gasteiger partial charge in [-0.3, -0.25) is 4.57 Å². The Hall–Kier alpha value is -3.08. The monoisotopic (exact) mass is 333 g/mol. The number of imidazole rings is 1. The van der Waals surface area contributed by atoms with Gasteiger partial charge in [0.15, 0.2) is 0 Å². The zero-order chi connectivity index (χ0) is 17.6. The smallest absolute Gasteiger partial charge is 0.337 e. The van der Waals surface area contributed by atoms with Gasteiger partial charge in [-0.2, -0.15) is 0 Å². The fourth-order valence-electron chi connectivity index (χ4n) is 3.40. The van der Waals surface area contributed by atoms with Crippen molar-refractivity contribution in [2.45, 2.75) is 19.9 Å². The molecule has 1 aliphatic heterocycles. The number of fused-ring (bicyclic) bond motifs is 3. The van der Waals surface area contributed by atoms with Gasteiger partial charge in [0.1, 0.15) is 0 Å². The maximum Gasteiger partial charge on any atom is 0.337 e. The second kappa shape index (κ2) is 5.77. The van der Waals surface area contributed by atoms with Crippen LogP contribution in [0.4, 0.5) is 5.95 Å². The molecule has 0 fully saturated rings. The van der Waals surface area contributed by atoms with Gasteiger partial charge in [-0.1, -0.05) is 42.0 Å². The molecule has 0 saturated heterocycles. The third kappa shape index (κ3) is 2.39. The van der Waals surface area contributed by atoms with Crippen LogP contribution >= 0.6 is 0 Å². The minimum atomic E-state index is -0.334. The van der Waals surface area contributed by atoms with Gasteiger partial charge in [-0.25, -0.2) is 9.78 Å². The summed E-state index contributed by atoms with van der Waals surface area (Å²) in [6.45, 7) is 3.93. The highest BCUT2D eigenvalue weighted by Crippen LogP contribution is 2.39. The molecule has 2 heterocycles. The molecule has 4 rings (SSSR count). The summed E-state index contributed by atoms with van der Waals surface area (Å²) in [6, 6.07) is 15.9. The Kier molecular flexibility index (Phi) is 3.57. The first-order valence-corrected chi connectivity index (χ1v) is 8.20. The number of hydrogen-bond acceptors (Lipinski definition) is 4. The Morgan fingerprint density at radius 3 is 2.56 bits per heavy atom. The Labute approximate surface area is 145 Å². The number of benzene rings is 2. The molecule has 0 aliphatic carbocycles. The second-order valence-corrected chi connectivity index (χ2v) is 6.26. The summed E-state index contributed by atoms with van der Waals surface area (Å²) in [5, 5.41) is 3.26. The zero-order valence-electron chi connectivity index (χ0n) is 14.4. The predicted molar refractivity (Wildman–Crippen MR) is 97.4 cm³/mol. The number of ether oxygens (including phenoxy) is 1. The molecule has 1 aliphatic rings. The van der Waals surface area contributed by atoms with Crippen LogP contribution in [0.25, 0.3) is 11.0 Å². The average molecular weight is 333 g/mol. The molecule has 2 aromatic carbocycles. The highest BCUT2D eigenvalue weighted by atomic mass is 16.5. The maximum atomic E-state index is 12.5. The molecule has 0 amide bonds. The van der Waals surface area contributed by atoms with Gasteiger partial charge in [0.2, 0.25) is 5.95 Å². The molecule has 5 nitrogen and oxygen atoms in total. The molecule has 0 saturated carbocycles. The summed E-state index contributed by atoms with van der Waals surface area (Å²) in [6.07, 6.45) is 0. The largest absolute Gasteiger partial charge is 0.466 e. The third-order valence-electron chi connectivity index (χ3n) is 4.63. The number of nitrogens with zero attached hydrogens (tertiary/aromatic N) is 2. The van der Waals surface area contributed by atoms with Crippen LogP contribution in [0.2, 0.25) is 0 Å². The standard InChI is InChI=1S/C20H19N3O2/c1-12-8-10-14(11-9-12)18-17(19(24)25-3)13(2)21-20-22-15-6-4-5-7-16(15)23(18)20/h4-11,18H,1-3H3,(H,21,22). The Morgan fingerprint density at radius 2 is 1.84 bits per heavy atom. The summed E-state index contributed by atoms with van der Waals surface area (Å²) < 4.78 is 7.14. The first kappa shape index (κ1) is 15.4. The number of para-hydroxylation sites is 2. The molecular formula is C20H19N3O2. The number of carbonyl (C=O) groups is 1. The molecule has 5 heteroatoms. The molecule has 0 radical (unpaired) electrons. The van der Waals surface area contributed by atoms with E-state index in [1.165, 1.54) is 12.7 Å². The average Bonchev–Trinajstić information content (AvgIpc) is 2.98. The van der Waals surface area contributed by atoms with Crippen molar-refractivity contribution in [2.75, 3.05) is 12.4 Å². The molecule has 3 aromatic rings. The van der Waals surface area contributed by atoms with Crippen molar-refractivity contribution in [3.8, 4) is 0 Å². The molecule has 0 spiro atoms. The van der Waals surface area contributed by atoms with Crippen LogP contribution in [0.3, 0.4) is 0 Å². The summed E-state index contributed by atoms with van der Waals surface area (Å²) in [5.74, 6) is 0.399. The van der Waals surface area contributed by atoms with Crippen LogP contribution < -0.4 is 5.32 Å². The molecule has 0 bridgehead atoms. The summed E-state index contributed by atoms with van der Waals surface area (Å²) >= 11 is 0. The number of rotatable bonds is 2. The van der Waals surface area contributed by atoms with E-state index in [-0.39, 0.29) is 12.0 Å². The van der Waals surface area contributed by atoms with Crippen molar-refractivity contribution in [3.63, 3.8) is 0 Å². The van der Waals surface area contributed by atoms with E-state index in [1.54, 1.807) is 0 Å².